The first kappa shape index (κ1) is 17.7. The van der Waals surface area contributed by atoms with E-state index < -0.39 is 6.61 Å². The lowest BCUT2D eigenvalue weighted by Gasteiger charge is -2.19. The van der Waals surface area contributed by atoms with Gasteiger partial charge in [0.2, 0.25) is 0 Å². The first-order chi connectivity index (χ1) is 11.5. The summed E-state index contributed by atoms with van der Waals surface area (Å²) in [5.74, 6) is 0.238. The molecule has 0 spiro atoms. The topological polar surface area (TPSA) is 38.8 Å². The number of carbonyl (C=O) groups is 1. The van der Waals surface area contributed by atoms with Crippen LogP contribution >= 0.6 is 0 Å². The number of hydrogen-bond donors (Lipinski definition) is 0. The molecule has 0 aromatic heterocycles. The van der Waals surface area contributed by atoms with E-state index in [4.69, 9.17) is 4.74 Å². The van der Waals surface area contributed by atoms with Gasteiger partial charge in [-0.2, -0.15) is 8.78 Å². The van der Waals surface area contributed by atoms with Gasteiger partial charge in [0.15, 0.2) is 0 Å². The van der Waals surface area contributed by atoms with E-state index in [1.54, 1.807) is 19.2 Å². The molecule has 0 radical (unpaired) electrons. The Morgan fingerprint density at radius 2 is 1.79 bits per heavy atom. The highest BCUT2D eigenvalue weighted by Gasteiger charge is 2.18. The number of amides is 1. The molecular formula is C18H19F2NO3. The molecule has 2 rings (SSSR count). The van der Waals surface area contributed by atoms with Crippen LogP contribution in [0.25, 0.3) is 0 Å². The van der Waals surface area contributed by atoms with Crippen LogP contribution in [0.3, 0.4) is 0 Å². The van der Waals surface area contributed by atoms with Crippen molar-refractivity contribution in [1.29, 1.82) is 0 Å². The Morgan fingerprint density at radius 3 is 2.42 bits per heavy atom. The van der Waals surface area contributed by atoms with Gasteiger partial charge in [0.1, 0.15) is 11.5 Å². The average molecular weight is 335 g/mol. The van der Waals surface area contributed by atoms with Crippen molar-refractivity contribution in [2.45, 2.75) is 20.1 Å². The first-order valence-corrected chi connectivity index (χ1v) is 7.52. The van der Waals surface area contributed by atoms with E-state index in [0.29, 0.717) is 13.2 Å². The summed E-state index contributed by atoms with van der Waals surface area (Å²) in [7, 11) is 1.61. The van der Waals surface area contributed by atoms with E-state index in [9.17, 15) is 13.6 Å². The number of rotatable bonds is 7. The number of benzene rings is 2. The summed E-state index contributed by atoms with van der Waals surface area (Å²) in [6.07, 6.45) is 0. The number of ether oxygens (including phenoxy) is 2. The zero-order chi connectivity index (χ0) is 17.5. The molecule has 0 aliphatic rings. The van der Waals surface area contributed by atoms with Crippen molar-refractivity contribution in [3.05, 3.63) is 59.7 Å². The second-order valence-corrected chi connectivity index (χ2v) is 5.11. The molecule has 0 fully saturated rings. The molecular weight excluding hydrogens is 316 g/mol. The fraction of sp³-hybridized carbons (Fsp3) is 0.278. The molecule has 0 heterocycles. The van der Waals surface area contributed by atoms with Crippen molar-refractivity contribution >= 4 is 5.91 Å². The van der Waals surface area contributed by atoms with E-state index in [1.165, 1.54) is 17.0 Å². The van der Waals surface area contributed by atoms with Crippen molar-refractivity contribution in [1.82, 2.24) is 4.90 Å². The minimum Gasteiger partial charge on any atom is -0.494 e. The summed E-state index contributed by atoms with van der Waals surface area (Å²) in [5.41, 5.74) is 1.01. The van der Waals surface area contributed by atoms with Gasteiger partial charge in [0.05, 0.1) is 12.2 Å². The molecule has 24 heavy (non-hydrogen) atoms. The van der Waals surface area contributed by atoms with Crippen LogP contribution in [0, 0.1) is 0 Å². The quantitative estimate of drug-likeness (QED) is 0.769. The summed E-state index contributed by atoms with van der Waals surface area (Å²) < 4.78 is 34.7. The smallest absolute Gasteiger partial charge is 0.387 e. The number of nitrogens with zero attached hydrogens (tertiary/aromatic N) is 1. The largest absolute Gasteiger partial charge is 0.494 e. The van der Waals surface area contributed by atoms with E-state index >= 15 is 0 Å². The third-order valence-electron chi connectivity index (χ3n) is 3.33. The van der Waals surface area contributed by atoms with Crippen LogP contribution in [-0.2, 0) is 6.54 Å². The predicted octanol–water partition coefficient (Wildman–Crippen LogP) is 3.96. The van der Waals surface area contributed by atoms with Gasteiger partial charge in [-0.25, -0.2) is 0 Å². The molecule has 0 bridgehead atoms. The van der Waals surface area contributed by atoms with Crippen LogP contribution in [0.4, 0.5) is 8.78 Å². The molecule has 1 amide bonds. The fourth-order valence-electron chi connectivity index (χ4n) is 2.25. The van der Waals surface area contributed by atoms with Gasteiger partial charge in [-0.15, -0.1) is 0 Å². The highest BCUT2D eigenvalue weighted by atomic mass is 19.3. The predicted molar refractivity (Wildman–Crippen MR) is 86.5 cm³/mol. The van der Waals surface area contributed by atoms with Crippen LogP contribution in [-0.4, -0.2) is 31.1 Å². The molecule has 0 aliphatic heterocycles. The second-order valence-electron chi connectivity index (χ2n) is 5.11. The zero-order valence-corrected chi connectivity index (χ0v) is 13.5. The lowest BCUT2D eigenvalue weighted by Crippen LogP contribution is -2.27. The minimum absolute atomic E-state index is 0.103. The van der Waals surface area contributed by atoms with Crippen molar-refractivity contribution in [3.63, 3.8) is 0 Å². The zero-order valence-electron chi connectivity index (χ0n) is 13.5. The first-order valence-electron chi connectivity index (χ1n) is 7.52. The third-order valence-corrected chi connectivity index (χ3v) is 3.33. The standard InChI is InChI=1S/C18H19F2NO3/c1-3-23-14-10-8-13(9-11-14)12-21(2)17(22)15-6-4-5-7-16(15)24-18(19)20/h4-11,18H,3,12H2,1-2H3. The molecule has 4 nitrogen and oxygen atoms in total. The van der Waals surface area contributed by atoms with Gasteiger partial charge < -0.3 is 14.4 Å². The van der Waals surface area contributed by atoms with E-state index in [0.717, 1.165) is 11.3 Å². The molecule has 128 valence electrons. The Bertz CT molecular complexity index is 674. The Kier molecular flexibility index (Phi) is 6.12. The molecule has 2 aromatic rings. The Labute approximate surface area is 139 Å². The minimum atomic E-state index is -2.98. The second kappa shape index (κ2) is 8.29. The normalized spacial score (nSPS) is 10.5. The van der Waals surface area contributed by atoms with Gasteiger partial charge in [-0.05, 0) is 36.8 Å². The van der Waals surface area contributed by atoms with Crippen molar-refractivity contribution in [2.24, 2.45) is 0 Å². The highest BCUT2D eigenvalue weighted by Crippen LogP contribution is 2.22. The van der Waals surface area contributed by atoms with E-state index in [2.05, 4.69) is 4.74 Å². The van der Waals surface area contributed by atoms with Gasteiger partial charge in [-0.3, -0.25) is 4.79 Å². The Balaban J connectivity index is 2.09. The highest BCUT2D eigenvalue weighted by molar-refractivity contribution is 5.96. The Hall–Kier alpha value is -2.63. The average Bonchev–Trinajstić information content (AvgIpc) is 2.56. The number of hydrogen-bond acceptors (Lipinski definition) is 3. The maximum absolute atomic E-state index is 12.5. The maximum Gasteiger partial charge on any atom is 0.387 e. The SMILES string of the molecule is CCOc1ccc(CN(C)C(=O)c2ccccc2OC(F)F)cc1. The summed E-state index contributed by atoms with van der Waals surface area (Å²) in [6.45, 7) is -0.151. The van der Waals surface area contributed by atoms with Crippen LogP contribution in [0.2, 0.25) is 0 Å². The molecule has 0 atom stereocenters. The van der Waals surface area contributed by atoms with Gasteiger partial charge in [0, 0.05) is 13.6 Å². The van der Waals surface area contributed by atoms with Crippen molar-refractivity contribution < 1.29 is 23.0 Å². The van der Waals surface area contributed by atoms with Crippen LogP contribution in [0.5, 0.6) is 11.5 Å². The summed E-state index contributed by atoms with van der Waals surface area (Å²) >= 11 is 0. The summed E-state index contributed by atoms with van der Waals surface area (Å²) in [5, 5.41) is 0. The molecule has 0 saturated heterocycles. The molecule has 2 aromatic carbocycles. The van der Waals surface area contributed by atoms with Gasteiger partial charge in [0.25, 0.3) is 5.91 Å². The molecule has 6 heteroatoms. The maximum atomic E-state index is 12.5. The van der Waals surface area contributed by atoms with Crippen molar-refractivity contribution in [3.8, 4) is 11.5 Å². The molecule has 0 N–H and O–H groups in total. The molecule has 0 saturated carbocycles. The van der Waals surface area contributed by atoms with Gasteiger partial charge in [-0.1, -0.05) is 24.3 Å². The van der Waals surface area contributed by atoms with Crippen LogP contribution in [0.1, 0.15) is 22.8 Å². The number of halogens is 2. The number of carbonyl (C=O) groups excluding carboxylic acids is 1. The van der Waals surface area contributed by atoms with E-state index in [-0.39, 0.29) is 17.2 Å². The monoisotopic (exact) mass is 335 g/mol. The van der Waals surface area contributed by atoms with Crippen LogP contribution in [0.15, 0.2) is 48.5 Å². The summed E-state index contributed by atoms with van der Waals surface area (Å²) in [6, 6.07) is 13.3. The van der Waals surface area contributed by atoms with Crippen molar-refractivity contribution in [2.75, 3.05) is 13.7 Å². The number of alkyl halides is 2. The number of para-hydroxylation sites is 1. The third kappa shape index (κ3) is 4.68. The lowest BCUT2D eigenvalue weighted by molar-refractivity contribution is -0.0502. The lowest BCUT2D eigenvalue weighted by atomic mass is 10.1. The van der Waals surface area contributed by atoms with E-state index in [1.807, 2.05) is 31.2 Å². The Morgan fingerprint density at radius 1 is 1.12 bits per heavy atom. The molecule has 0 aliphatic carbocycles. The molecule has 0 unspecified atom stereocenters. The summed E-state index contributed by atoms with van der Waals surface area (Å²) in [4.78, 5) is 13.9. The van der Waals surface area contributed by atoms with Gasteiger partial charge >= 0.3 is 6.61 Å². The fourth-order valence-corrected chi connectivity index (χ4v) is 2.25. The van der Waals surface area contributed by atoms with Crippen LogP contribution < -0.4 is 9.47 Å².